The summed E-state index contributed by atoms with van der Waals surface area (Å²) in [7, 11) is -3.49. The standard InChI is InChI=1S/C7H13NO2S/c1-4-6(2)5-7(3)11(8,9)10/h4-6H,1H2,2-3H3,(H2,8,9,10)/t6-/m0/s1. The van der Waals surface area contributed by atoms with Crippen LogP contribution in [0.25, 0.3) is 0 Å². The highest BCUT2D eigenvalue weighted by Gasteiger charge is 2.05. The van der Waals surface area contributed by atoms with E-state index in [-0.39, 0.29) is 10.8 Å². The van der Waals surface area contributed by atoms with Gasteiger partial charge in [-0.1, -0.05) is 19.1 Å². The summed E-state index contributed by atoms with van der Waals surface area (Å²) in [5, 5.41) is 4.85. The van der Waals surface area contributed by atoms with Crippen molar-refractivity contribution < 1.29 is 8.42 Å². The van der Waals surface area contributed by atoms with Crippen molar-refractivity contribution in [2.45, 2.75) is 13.8 Å². The number of hydrogen-bond acceptors (Lipinski definition) is 2. The Labute approximate surface area is 67.7 Å². The molecule has 0 aliphatic heterocycles. The second-order valence-corrected chi connectivity index (χ2v) is 4.15. The van der Waals surface area contributed by atoms with E-state index < -0.39 is 10.0 Å². The van der Waals surface area contributed by atoms with Crippen LogP contribution in [0.2, 0.25) is 0 Å². The lowest BCUT2D eigenvalue weighted by Crippen LogP contribution is -2.13. The van der Waals surface area contributed by atoms with Crippen molar-refractivity contribution in [3.05, 3.63) is 23.6 Å². The van der Waals surface area contributed by atoms with Crippen LogP contribution in [0.3, 0.4) is 0 Å². The van der Waals surface area contributed by atoms with Crippen molar-refractivity contribution in [3.8, 4) is 0 Å². The van der Waals surface area contributed by atoms with E-state index in [1.165, 1.54) is 6.92 Å². The molecule has 64 valence electrons. The maximum absolute atomic E-state index is 10.7. The SMILES string of the molecule is C=C[C@H](C)C=C(C)S(N)(=O)=O. The summed E-state index contributed by atoms with van der Waals surface area (Å²) >= 11 is 0. The number of primary sulfonamides is 1. The van der Waals surface area contributed by atoms with Crippen molar-refractivity contribution in [1.82, 2.24) is 0 Å². The normalized spacial score (nSPS) is 16.1. The minimum atomic E-state index is -3.49. The second kappa shape index (κ2) is 3.69. The fourth-order valence-corrected chi connectivity index (χ4v) is 0.937. The van der Waals surface area contributed by atoms with Gasteiger partial charge in [-0.2, -0.15) is 0 Å². The van der Waals surface area contributed by atoms with Gasteiger partial charge in [0.1, 0.15) is 0 Å². The fourth-order valence-electron chi connectivity index (χ4n) is 0.533. The molecular weight excluding hydrogens is 162 g/mol. The van der Waals surface area contributed by atoms with E-state index in [1.807, 2.05) is 6.92 Å². The van der Waals surface area contributed by atoms with E-state index in [4.69, 9.17) is 5.14 Å². The van der Waals surface area contributed by atoms with E-state index in [1.54, 1.807) is 12.2 Å². The van der Waals surface area contributed by atoms with Crippen LogP contribution in [0.5, 0.6) is 0 Å². The average Bonchev–Trinajstić information content (AvgIpc) is 1.85. The van der Waals surface area contributed by atoms with Crippen LogP contribution in [-0.2, 0) is 10.0 Å². The molecule has 0 aromatic heterocycles. The molecule has 0 amide bonds. The molecule has 0 unspecified atom stereocenters. The van der Waals surface area contributed by atoms with Crippen molar-refractivity contribution in [2.24, 2.45) is 11.1 Å². The van der Waals surface area contributed by atoms with E-state index in [0.29, 0.717) is 0 Å². The Hall–Kier alpha value is -0.610. The summed E-state index contributed by atoms with van der Waals surface area (Å²) in [4.78, 5) is 0.185. The molecule has 0 aromatic rings. The predicted molar refractivity (Wildman–Crippen MR) is 46.2 cm³/mol. The van der Waals surface area contributed by atoms with Crippen molar-refractivity contribution in [3.63, 3.8) is 0 Å². The molecule has 2 N–H and O–H groups in total. The summed E-state index contributed by atoms with van der Waals surface area (Å²) in [6, 6.07) is 0. The molecule has 0 spiro atoms. The molecule has 0 radical (unpaired) electrons. The smallest absolute Gasteiger partial charge is 0.225 e. The average molecular weight is 175 g/mol. The Bertz CT molecular complexity index is 264. The largest absolute Gasteiger partial charge is 0.233 e. The zero-order chi connectivity index (χ0) is 9.07. The molecule has 0 bridgehead atoms. The second-order valence-electron chi connectivity index (χ2n) is 2.42. The number of sulfonamides is 1. The van der Waals surface area contributed by atoms with Gasteiger partial charge in [-0.15, -0.1) is 6.58 Å². The van der Waals surface area contributed by atoms with Crippen LogP contribution in [0, 0.1) is 5.92 Å². The Morgan fingerprint density at radius 2 is 2.09 bits per heavy atom. The van der Waals surface area contributed by atoms with E-state index in [0.717, 1.165) is 0 Å². The fraction of sp³-hybridized carbons (Fsp3) is 0.429. The Balaban J connectivity index is 4.61. The molecule has 11 heavy (non-hydrogen) atoms. The molecule has 1 atom stereocenters. The molecule has 0 aliphatic carbocycles. The third-order valence-corrected chi connectivity index (χ3v) is 2.35. The van der Waals surface area contributed by atoms with Gasteiger partial charge in [0, 0.05) is 0 Å². The van der Waals surface area contributed by atoms with Gasteiger partial charge in [-0.05, 0) is 12.8 Å². The summed E-state index contributed by atoms with van der Waals surface area (Å²) in [5.41, 5.74) is 0. The lowest BCUT2D eigenvalue weighted by molar-refractivity contribution is 0.603. The molecule has 0 saturated heterocycles. The van der Waals surface area contributed by atoms with Gasteiger partial charge in [0.2, 0.25) is 10.0 Å². The number of rotatable bonds is 3. The number of hydrogen-bond donors (Lipinski definition) is 1. The van der Waals surface area contributed by atoms with Gasteiger partial charge in [0.25, 0.3) is 0 Å². The Kier molecular flexibility index (Phi) is 3.48. The molecule has 0 heterocycles. The zero-order valence-electron chi connectivity index (χ0n) is 6.74. The Morgan fingerprint density at radius 1 is 1.64 bits per heavy atom. The van der Waals surface area contributed by atoms with Gasteiger partial charge in [-0.3, -0.25) is 0 Å². The molecule has 3 nitrogen and oxygen atoms in total. The van der Waals surface area contributed by atoms with Crippen LogP contribution >= 0.6 is 0 Å². The van der Waals surface area contributed by atoms with E-state index in [2.05, 4.69) is 6.58 Å². The van der Waals surface area contributed by atoms with Crippen LogP contribution < -0.4 is 5.14 Å². The van der Waals surface area contributed by atoms with E-state index >= 15 is 0 Å². The Morgan fingerprint density at radius 3 is 2.36 bits per heavy atom. The lowest BCUT2D eigenvalue weighted by atomic mass is 10.2. The monoisotopic (exact) mass is 175 g/mol. The van der Waals surface area contributed by atoms with Gasteiger partial charge in [-0.25, -0.2) is 13.6 Å². The quantitative estimate of drug-likeness (QED) is 0.650. The highest BCUT2D eigenvalue weighted by molar-refractivity contribution is 7.93. The third-order valence-electron chi connectivity index (χ3n) is 1.32. The molecule has 4 heteroatoms. The lowest BCUT2D eigenvalue weighted by Gasteiger charge is -2.00. The highest BCUT2D eigenvalue weighted by atomic mass is 32.2. The van der Waals surface area contributed by atoms with Crippen LogP contribution in [0.4, 0.5) is 0 Å². The maximum Gasteiger partial charge on any atom is 0.233 e. The number of allylic oxidation sites excluding steroid dienone is 3. The topological polar surface area (TPSA) is 60.2 Å². The van der Waals surface area contributed by atoms with Crippen LogP contribution in [0.1, 0.15) is 13.8 Å². The molecule has 0 fully saturated rings. The molecular formula is C7H13NO2S. The third kappa shape index (κ3) is 3.95. The summed E-state index contributed by atoms with van der Waals surface area (Å²) in [5.74, 6) is 0.0355. The molecule has 0 saturated carbocycles. The first-order chi connectivity index (χ1) is 4.88. The van der Waals surface area contributed by atoms with Crippen LogP contribution in [-0.4, -0.2) is 8.42 Å². The first-order valence-electron chi connectivity index (χ1n) is 3.21. The van der Waals surface area contributed by atoms with Crippen molar-refractivity contribution >= 4 is 10.0 Å². The minimum absolute atomic E-state index is 0.0355. The first kappa shape index (κ1) is 10.4. The summed E-state index contributed by atoms with van der Waals surface area (Å²) in [6.07, 6.45) is 3.21. The predicted octanol–water partition coefficient (Wildman–Crippen LogP) is 1.00. The molecule has 0 aromatic carbocycles. The van der Waals surface area contributed by atoms with Gasteiger partial charge < -0.3 is 0 Å². The van der Waals surface area contributed by atoms with Gasteiger partial charge in [0.15, 0.2) is 0 Å². The first-order valence-corrected chi connectivity index (χ1v) is 4.76. The van der Waals surface area contributed by atoms with E-state index in [9.17, 15) is 8.42 Å². The minimum Gasteiger partial charge on any atom is -0.225 e. The van der Waals surface area contributed by atoms with Gasteiger partial charge >= 0.3 is 0 Å². The van der Waals surface area contributed by atoms with Crippen LogP contribution in [0.15, 0.2) is 23.6 Å². The maximum atomic E-state index is 10.7. The highest BCUT2D eigenvalue weighted by Crippen LogP contribution is 2.06. The molecule has 0 aliphatic rings. The van der Waals surface area contributed by atoms with Crippen molar-refractivity contribution in [2.75, 3.05) is 0 Å². The molecule has 0 rings (SSSR count). The summed E-state index contributed by atoms with van der Waals surface area (Å²) in [6.45, 7) is 6.82. The van der Waals surface area contributed by atoms with Crippen molar-refractivity contribution in [1.29, 1.82) is 0 Å². The number of nitrogens with two attached hydrogens (primary N) is 1. The summed E-state index contributed by atoms with van der Waals surface area (Å²) < 4.78 is 21.3. The van der Waals surface area contributed by atoms with Gasteiger partial charge in [0.05, 0.1) is 4.91 Å². The zero-order valence-corrected chi connectivity index (χ0v) is 7.56.